The normalized spacial score (nSPS) is 6.00. The molecular formula is C4H11BN2O2. The molecule has 0 aliphatic heterocycles. The smallest absolute Gasteiger partial charge is 0.430 e. The molecule has 6 N–H and O–H groups in total. The molecule has 0 aliphatic carbocycles. The predicted octanol–water partition coefficient (Wildman–Crippen LogP) is -0.586. The van der Waals surface area contributed by atoms with Gasteiger partial charge in [0.05, 0.1) is 0 Å². The van der Waals surface area contributed by atoms with Gasteiger partial charge in [-0.1, -0.05) is 0 Å². The predicted molar refractivity (Wildman–Crippen MR) is 37.4 cm³/mol. The second kappa shape index (κ2) is 10.3. The summed E-state index contributed by atoms with van der Waals surface area (Å²) < 4.78 is 0. The van der Waals surface area contributed by atoms with E-state index < -0.39 is 7.69 Å². The summed E-state index contributed by atoms with van der Waals surface area (Å²) in [6.07, 6.45) is 3.75. The second-order valence-corrected chi connectivity index (χ2v) is 1.03. The molecule has 0 saturated carbocycles. The van der Waals surface area contributed by atoms with Crippen molar-refractivity contribution in [2.45, 2.75) is 0 Å². The van der Waals surface area contributed by atoms with E-state index in [9.17, 15) is 0 Å². The number of rotatable bonds is 0. The summed E-state index contributed by atoms with van der Waals surface area (Å²) in [5, 5.41) is 14.2. The first kappa shape index (κ1) is 11.1. The van der Waals surface area contributed by atoms with E-state index in [1.807, 2.05) is 24.5 Å². The monoisotopic (exact) mass is 130 g/mol. The zero-order chi connectivity index (χ0) is 6.24. The molecular weight excluding hydrogens is 119 g/mol. The van der Waals surface area contributed by atoms with Gasteiger partial charge in [0.1, 0.15) is 0 Å². The summed E-state index contributed by atoms with van der Waals surface area (Å²) in [5.74, 6) is 0. The fourth-order valence-corrected chi connectivity index (χ4v) is 0.278. The lowest BCUT2D eigenvalue weighted by Crippen LogP contribution is -1.75. The molecule has 9 heavy (non-hydrogen) atoms. The van der Waals surface area contributed by atoms with Crippen molar-refractivity contribution >= 4 is 7.69 Å². The maximum atomic E-state index is 7.12. The average molecular weight is 130 g/mol. The first-order valence-corrected chi connectivity index (χ1v) is 2.21. The molecule has 1 aromatic rings. The maximum Gasteiger partial charge on any atom is 0.432 e. The van der Waals surface area contributed by atoms with Crippen molar-refractivity contribution in [3.8, 4) is 0 Å². The van der Waals surface area contributed by atoms with Crippen molar-refractivity contribution in [2.75, 3.05) is 0 Å². The lowest BCUT2D eigenvalue weighted by atomic mass is 10.5. The summed E-state index contributed by atoms with van der Waals surface area (Å²) in [4.78, 5) is 2.86. The summed E-state index contributed by atoms with van der Waals surface area (Å²) in [6.45, 7) is 0. The van der Waals surface area contributed by atoms with Crippen LogP contribution in [0.15, 0.2) is 24.5 Å². The van der Waals surface area contributed by atoms with Crippen LogP contribution in [0, 0.1) is 0 Å². The van der Waals surface area contributed by atoms with E-state index in [0.29, 0.717) is 0 Å². The van der Waals surface area contributed by atoms with E-state index in [-0.39, 0.29) is 6.15 Å². The van der Waals surface area contributed by atoms with Crippen LogP contribution in [0.5, 0.6) is 0 Å². The number of hydrogen-bond donors (Lipinski definition) is 4. The molecule has 0 radical (unpaired) electrons. The van der Waals surface area contributed by atoms with Crippen LogP contribution in [0.3, 0.4) is 0 Å². The number of aromatic amines is 1. The Kier molecular flexibility index (Phi) is 12.6. The third kappa shape index (κ3) is 11.0. The molecule has 0 aromatic carbocycles. The molecule has 0 spiro atoms. The number of H-pyrrole nitrogens is 1. The third-order valence-electron chi connectivity index (χ3n) is 0.496. The van der Waals surface area contributed by atoms with Crippen molar-refractivity contribution in [1.29, 1.82) is 0 Å². The molecule has 5 heteroatoms. The van der Waals surface area contributed by atoms with E-state index in [0.717, 1.165) is 0 Å². The SMILES string of the molecule is N.OBO.c1cc[nH]c1. The minimum absolute atomic E-state index is 0. The fraction of sp³-hybridized carbons (Fsp3) is 0. The van der Waals surface area contributed by atoms with Gasteiger partial charge in [-0.15, -0.1) is 0 Å². The zero-order valence-corrected chi connectivity index (χ0v) is 5.12. The van der Waals surface area contributed by atoms with E-state index in [1.165, 1.54) is 0 Å². The lowest BCUT2D eigenvalue weighted by molar-refractivity contribution is 0.448. The first-order chi connectivity index (χ1) is 3.91. The Morgan fingerprint density at radius 3 is 1.56 bits per heavy atom. The van der Waals surface area contributed by atoms with Gasteiger partial charge < -0.3 is 21.2 Å². The fourth-order valence-electron chi connectivity index (χ4n) is 0.278. The van der Waals surface area contributed by atoms with Gasteiger partial charge in [-0.2, -0.15) is 0 Å². The Hall–Kier alpha value is -0.775. The Morgan fingerprint density at radius 2 is 1.44 bits per heavy atom. The van der Waals surface area contributed by atoms with Crippen molar-refractivity contribution in [2.24, 2.45) is 0 Å². The minimum atomic E-state index is -0.750. The molecule has 0 bridgehead atoms. The van der Waals surface area contributed by atoms with E-state index in [2.05, 4.69) is 4.98 Å². The lowest BCUT2D eigenvalue weighted by Gasteiger charge is -1.49. The van der Waals surface area contributed by atoms with Gasteiger partial charge in [0, 0.05) is 12.4 Å². The van der Waals surface area contributed by atoms with Gasteiger partial charge in [0.15, 0.2) is 0 Å². The molecule has 0 atom stereocenters. The van der Waals surface area contributed by atoms with Gasteiger partial charge in [0.2, 0.25) is 0 Å². The highest BCUT2D eigenvalue weighted by Crippen LogP contribution is 1.72. The molecule has 4 nitrogen and oxygen atoms in total. The molecule has 0 aliphatic rings. The zero-order valence-electron chi connectivity index (χ0n) is 5.12. The Bertz CT molecular complexity index is 83.5. The largest absolute Gasteiger partial charge is 0.432 e. The molecule has 1 aromatic heterocycles. The van der Waals surface area contributed by atoms with E-state index >= 15 is 0 Å². The highest BCUT2D eigenvalue weighted by molar-refractivity contribution is 6.13. The van der Waals surface area contributed by atoms with Crippen LogP contribution in [-0.4, -0.2) is 22.7 Å². The van der Waals surface area contributed by atoms with Crippen molar-refractivity contribution in [3.05, 3.63) is 24.5 Å². The number of nitrogens with one attached hydrogen (secondary N) is 1. The summed E-state index contributed by atoms with van der Waals surface area (Å²) in [5.41, 5.74) is 0. The van der Waals surface area contributed by atoms with Gasteiger partial charge in [-0.3, -0.25) is 0 Å². The minimum Gasteiger partial charge on any atom is -0.430 e. The van der Waals surface area contributed by atoms with E-state index in [4.69, 9.17) is 10.0 Å². The Balaban J connectivity index is 0. The molecule has 52 valence electrons. The number of aromatic nitrogens is 1. The summed E-state index contributed by atoms with van der Waals surface area (Å²) in [7, 11) is -0.750. The standard InChI is InChI=1S/C4H5N.BH3O2.H3N/c1-2-4-5-3-1;2-1-3;/h1-5H;1-3H;1H3. The quantitative estimate of drug-likeness (QED) is 0.354. The first-order valence-electron chi connectivity index (χ1n) is 2.21. The topological polar surface area (TPSA) is 91.2 Å². The van der Waals surface area contributed by atoms with Crippen molar-refractivity contribution < 1.29 is 10.0 Å². The molecule has 0 fully saturated rings. The van der Waals surface area contributed by atoms with Crippen LogP contribution in [0.2, 0.25) is 0 Å². The summed E-state index contributed by atoms with van der Waals surface area (Å²) >= 11 is 0. The Morgan fingerprint density at radius 1 is 1.11 bits per heavy atom. The van der Waals surface area contributed by atoms with Crippen LogP contribution >= 0.6 is 0 Å². The van der Waals surface area contributed by atoms with Crippen LogP contribution in [-0.2, 0) is 0 Å². The van der Waals surface area contributed by atoms with Crippen molar-refractivity contribution in [3.63, 3.8) is 0 Å². The Labute approximate surface area is 54.4 Å². The maximum absolute atomic E-state index is 7.12. The van der Waals surface area contributed by atoms with Crippen LogP contribution < -0.4 is 6.15 Å². The molecule has 1 rings (SSSR count). The summed E-state index contributed by atoms with van der Waals surface area (Å²) in [6, 6.07) is 3.89. The highest BCUT2D eigenvalue weighted by Gasteiger charge is 1.55. The molecule has 1 heterocycles. The van der Waals surface area contributed by atoms with Crippen LogP contribution in [0.4, 0.5) is 0 Å². The second-order valence-electron chi connectivity index (χ2n) is 1.03. The van der Waals surface area contributed by atoms with Crippen molar-refractivity contribution in [1.82, 2.24) is 11.1 Å². The van der Waals surface area contributed by atoms with Gasteiger partial charge in [0.25, 0.3) is 0 Å². The van der Waals surface area contributed by atoms with E-state index in [1.54, 1.807) is 0 Å². The number of hydrogen-bond acceptors (Lipinski definition) is 3. The third-order valence-corrected chi connectivity index (χ3v) is 0.496. The highest BCUT2D eigenvalue weighted by atomic mass is 16.4. The van der Waals surface area contributed by atoms with Gasteiger partial charge in [-0.05, 0) is 12.1 Å². The van der Waals surface area contributed by atoms with Gasteiger partial charge >= 0.3 is 7.69 Å². The molecule has 0 saturated heterocycles. The van der Waals surface area contributed by atoms with Gasteiger partial charge in [-0.25, -0.2) is 0 Å². The average Bonchev–Trinajstić information content (AvgIpc) is 2.17. The van der Waals surface area contributed by atoms with Crippen LogP contribution in [0.25, 0.3) is 0 Å². The van der Waals surface area contributed by atoms with Crippen LogP contribution in [0.1, 0.15) is 0 Å². The molecule has 0 amide bonds. The molecule has 0 unspecified atom stereocenters.